The Kier molecular flexibility index (Phi) is 3.33. The van der Waals surface area contributed by atoms with Crippen molar-refractivity contribution in [1.29, 1.82) is 0 Å². The molecule has 4 aliphatic carbocycles. The summed E-state index contributed by atoms with van der Waals surface area (Å²) >= 11 is 0. The zero-order chi connectivity index (χ0) is 13.3. The predicted molar refractivity (Wildman–Crippen MR) is 71.4 cm³/mol. The maximum absolute atomic E-state index is 10.9. The van der Waals surface area contributed by atoms with Crippen molar-refractivity contribution in [3.63, 3.8) is 0 Å². The van der Waals surface area contributed by atoms with Gasteiger partial charge in [-0.05, 0) is 61.7 Å². The molecule has 0 saturated heterocycles. The van der Waals surface area contributed by atoms with Crippen LogP contribution >= 0.6 is 0 Å². The van der Waals surface area contributed by atoms with Crippen molar-refractivity contribution in [2.45, 2.75) is 44.9 Å². The molecule has 1 aromatic heterocycles. The van der Waals surface area contributed by atoms with E-state index in [-0.39, 0.29) is 5.41 Å². The van der Waals surface area contributed by atoms with E-state index in [1.165, 1.54) is 38.5 Å². The minimum Gasteiger partial charge on any atom is -0.481 e. The fourth-order valence-electron chi connectivity index (χ4n) is 5.04. The number of carboxylic acid groups (broad SMARTS) is 1. The van der Waals surface area contributed by atoms with E-state index in [0.717, 1.165) is 17.8 Å². The van der Waals surface area contributed by atoms with Crippen LogP contribution in [0.25, 0.3) is 0 Å². The first-order chi connectivity index (χ1) is 9.15. The Morgan fingerprint density at radius 3 is 2.11 bits per heavy atom. The van der Waals surface area contributed by atoms with Crippen LogP contribution < -0.4 is 0 Å². The minimum atomic E-state index is -0.577. The van der Waals surface area contributed by atoms with Gasteiger partial charge in [0, 0.05) is 12.4 Å². The Bertz CT molecular complexity index is 375. The summed E-state index contributed by atoms with van der Waals surface area (Å²) in [5.74, 6) is 2.05. The summed E-state index contributed by atoms with van der Waals surface area (Å²) in [7, 11) is 0. The first kappa shape index (κ1) is 12.7. The molecule has 4 heteroatoms. The zero-order valence-corrected chi connectivity index (χ0v) is 11.2. The van der Waals surface area contributed by atoms with E-state index in [9.17, 15) is 4.79 Å². The average Bonchev–Trinajstić information content (AvgIpc) is 2.82. The molecule has 4 aliphatic rings. The SMILES string of the molecule is O=C(O)CC12CC3CC(CC(C3)C1)C2.c1c[nH]cn1. The zero-order valence-electron chi connectivity index (χ0n) is 11.2. The highest BCUT2D eigenvalue weighted by Gasteiger charge is 2.51. The number of hydrogen-bond donors (Lipinski definition) is 2. The molecular weight excluding hydrogens is 240 g/mol. The Labute approximate surface area is 113 Å². The smallest absolute Gasteiger partial charge is 0.303 e. The van der Waals surface area contributed by atoms with Gasteiger partial charge in [0.25, 0.3) is 0 Å². The van der Waals surface area contributed by atoms with Crippen LogP contribution in [0.1, 0.15) is 44.9 Å². The van der Waals surface area contributed by atoms with Crippen LogP contribution in [-0.2, 0) is 4.79 Å². The first-order valence-electron chi connectivity index (χ1n) is 7.30. The molecule has 0 spiro atoms. The molecule has 4 fully saturated rings. The van der Waals surface area contributed by atoms with E-state index < -0.39 is 5.97 Å². The molecule has 0 radical (unpaired) electrons. The molecule has 5 rings (SSSR count). The number of aromatic nitrogens is 2. The summed E-state index contributed by atoms with van der Waals surface area (Å²) in [6.07, 6.45) is 13.4. The van der Waals surface area contributed by atoms with E-state index >= 15 is 0 Å². The number of carbonyl (C=O) groups is 1. The van der Waals surface area contributed by atoms with Gasteiger partial charge in [-0.15, -0.1) is 0 Å². The van der Waals surface area contributed by atoms with Crippen molar-refractivity contribution < 1.29 is 9.90 Å². The number of hydrogen-bond acceptors (Lipinski definition) is 2. The Hall–Kier alpha value is -1.32. The number of aliphatic carboxylic acids is 1. The van der Waals surface area contributed by atoms with Crippen molar-refractivity contribution in [3.8, 4) is 0 Å². The van der Waals surface area contributed by atoms with Gasteiger partial charge in [-0.25, -0.2) is 4.98 Å². The van der Waals surface area contributed by atoms with Gasteiger partial charge < -0.3 is 10.1 Å². The molecule has 0 atom stereocenters. The van der Waals surface area contributed by atoms with Crippen molar-refractivity contribution >= 4 is 5.97 Å². The second-order valence-electron chi connectivity index (χ2n) is 6.75. The van der Waals surface area contributed by atoms with Crippen LogP contribution in [0.15, 0.2) is 18.7 Å². The molecule has 0 unspecified atom stereocenters. The molecule has 4 nitrogen and oxygen atoms in total. The normalized spacial score (nSPS) is 38.6. The third kappa shape index (κ3) is 2.82. The van der Waals surface area contributed by atoms with Gasteiger partial charge in [0.05, 0.1) is 12.7 Å². The topological polar surface area (TPSA) is 66.0 Å². The van der Waals surface area contributed by atoms with Gasteiger partial charge in [0.15, 0.2) is 0 Å². The first-order valence-corrected chi connectivity index (χ1v) is 7.30. The summed E-state index contributed by atoms with van der Waals surface area (Å²) in [6.45, 7) is 0. The van der Waals surface area contributed by atoms with Gasteiger partial charge in [-0.1, -0.05) is 0 Å². The van der Waals surface area contributed by atoms with Gasteiger partial charge >= 0.3 is 5.97 Å². The van der Waals surface area contributed by atoms with Crippen LogP contribution in [-0.4, -0.2) is 21.0 Å². The molecule has 19 heavy (non-hydrogen) atoms. The maximum atomic E-state index is 10.9. The lowest BCUT2D eigenvalue weighted by atomic mass is 9.49. The van der Waals surface area contributed by atoms with Crippen molar-refractivity contribution in [2.75, 3.05) is 0 Å². The fraction of sp³-hybridized carbons (Fsp3) is 0.733. The summed E-state index contributed by atoms with van der Waals surface area (Å²) < 4.78 is 0. The molecular formula is C15H22N2O2. The molecule has 0 amide bonds. The highest BCUT2D eigenvalue weighted by atomic mass is 16.4. The number of carboxylic acids is 1. The van der Waals surface area contributed by atoms with Crippen LogP contribution in [0.4, 0.5) is 0 Å². The second-order valence-corrected chi connectivity index (χ2v) is 6.75. The third-order valence-corrected chi connectivity index (χ3v) is 5.10. The van der Waals surface area contributed by atoms with Gasteiger partial charge in [-0.3, -0.25) is 4.79 Å². The van der Waals surface area contributed by atoms with Gasteiger partial charge in [-0.2, -0.15) is 0 Å². The van der Waals surface area contributed by atoms with Crippen molar-refractivity contribution in [2.24, 2.45) is 23.2 Å². The standard InChI is InChI=1S/C12H18O2.C3H4N2/c13-11(14)7-12-4-8-1-9(5-12)3-10(2-8)6-12;1-2-5-3-4-1/h8-10H,1-7H2,(H,13,14);1-3H,(H,4,5). The predicted octanol–water partition coefficient (Wildman–Crippen LogP) is 3.09. The molecule has 2 N–H and O–H groups in total. The van der Waals surface area contributed by atoms with E-state index in [1.807, 2.05) is 0 Å². The molecule has 1 aromatic rings. The molecule has 4 bridgehead atoms. The minimum absolute atomic E-state index is 0.223. The summed E-state index contributed by atoms with van der Waals surface area (Å²) in [5, 5.41) is 8.97. The summed E-state index contributed by atoms with van der Waals surface area (Å²) in [4.78, 5) is 17.3. The van der Waals surface area contributed by atoms with E-state index in [4.69, 9.17) is 5.11 Å². The summed E-state index contributed by atoms with van der Waals surface area (Å²) in [5.41, 5.74) is 0.223. The van der Waals surface area contributed by atoms with Crippen molar-refractivity contribution in [1.82, 2.24) is 9.97 Å². The number of nitrogens with zero attached hydrogens (tertiary/aromatic N) is 1. The monoisotopic (exact) mass is 262 g/mol. The molecule has 0 aromatic carbocycles. The Balaban J connectivity index is 0.000000187. The quantitative estimate of drug-likeness (QED) is 0.860. The van der Waals surface area contributed by atoms with Crippen LogP contribution in [0, 0.1) is 23.2 Å². The van der Waals surface area contributed by atoms with E-state index in [1.54, 1.807) is 18.7 Å². The highest BCUT2D eigenvalue weighted by molar-refractivity contribution is 5.67. The lowest BCUT2D eigenvalue weighted by Gasteiger charge is -2.56. The number of aromatic amines is 1. The summed E-state index contributed by atoms with van der Waals surface area (Å²) in [6, 6.07) is 0. The van der Waals surface area contributed by atoms with Crippen LogP contribution in [0.2, 0.25) is 0 Å². The third-order valence-electron chi connectivity index (χ3n) is 5.10. The number of imidazole rings is 1. The van der Waals surface area contributed by atoms with E-state index in [2.05, 4.69) is 9.97 Å². The van der Waals surface area contributed by atoms with Gasteiger partial charge in [0.2, 0.25) is 0 Å². The lowest BCUT2D eigenvalue weighted by Crippen LogP contribution is -2.46. The molecule has 104 valence electrons. The Morgan fingerprint density at radius 2 is 1.79 bits per heavy atom. The lowest BCUT2D eigenvalue weighted by molar-refractivity contribution is -0.145. The average molecular weight is 262 g/mol. The number of H-pyrrole nitrogens is 1. The number of rotatable bonds is 2. The largest absolute Gasteiger partial charge is 0.481 e. The molecule has 1 heterocycles. The van der Waals surface area contributed by atoms with Crippen molar-refractivity contribution in [3.05, 3.63) is 18.7 Å². The highest BCUT2D eigenvalue weighted by Crippen LogP contribution is 2.61. The second kappa shape index (κ2) is 4.99. The molecule has 0 aliphatic heterocycles. The maximum Gasteiger partial charge on any atom is 0.303 e. The van der Waals surface area contributed by atoms with Crippen LogP contribution in [0.3, 0.4) is 0 Å². The molecule has 4 saturated carbocycles. The van der Waals surface area contributed by atoms with Crippen LogP contribution in [0.5, 0.6) is 0 Å². The fourth-order valence-corrected chi connectivity index (χ4v) is 5.04. The van der Waals surface area contributed by atoms with Gasteiger partial charge in [0.1, 0.15) is 0 Å². The number of nitrogens with one attached hydrogen (secondary N) is 1. The Morgan fingerprint density at radius 1 is 1.21 bits per heavy atom. The van der Waals surface area contributed by atoms with E-state index in [0.29, 0.717) is 6.42 Å².